The van der Waals surface area contributed by atoms with Crippen molar-refractivity contribution in [3.8, 4) is 0 Å². The van der Waals surface area contributed by atoms with E-state index in [1.54, 1.807) is 0 Å². The molecule has 1 unspecified atom stereocenters. The van der Waals surface area contributed by atoms with Crippen molar-refractivity contribution in [3.63, 3.8) is 0 Å². The Morgan fingerprint density at radius 3 is 2.79 bits per heavy atom. The number of aromatic nitrogens is 2. The number of likely N-dealkylation sites (tertiary alicyclic amines) is 2. The highest BCUT2D eigenvalue weighted by atomic mass is 16.5. The number of amides is 2. The molecule has 0 bridgehead atoms. The van der Waals surface area contributed by atoms with Crippen molar-refractivity contribution in [2.24, 2.45) is 5.92 Å². The highest BCUT2D eigenvalue weighted by molar-refractivity contribution is 5.75. The summed E-state index contributed by atoms with van der Waals surface area (Å²) in [6, 6.07) is 10.5. The van der Waals surface area contributed by atoms with Crippen molar-refractivity contribution < 1.29 is 9.32 Å². The Kier molecular flexibility index (Phi) is 5.23. The number of carbonyl (C=O) groups is 1. The number of hydrogen-bond acceptors (Lipinski definition) is 5. The predicted octanol–water partition coefficient (Wildman–Crippen LogP) is 2.97. The Labute approximate surface area is 171 Å². The molecule has 1 atom stereocenters. The molecule has 1 aliphatic carbocycles. The molecule has 1 aromatic heterocycles. The van der Waals surface area contributed by atoms with Gasteiger partial charge in [-0.3, -0.25) is 4.90 Å². The molecule has 2 aromatic rings. The zero-order valence-electron chi connectivity index (χ0n) is 16.8. The van der Waals surface area contributed by atoms with Gasteiger partial charge < -0.3 is 14.7 Å². The Morgan fingerprint density at radius 2 is 2.00 bits per heavy atom. The number of benzene rings is 1. The van der Waals surface area contributed by atoms with E-state index in [1.807, 2.05) is 23.1 Å². The maximum Gasteiger partial charge on any atom is 0.317 e. The monoisotopic (exact) mass is 395 g/mol. The van der Waals surface area contributed by atoms with Crippen LogP contribution in [-0.4, -0.2) is 58.7 Å². The van der Waals surface area contributed by atoms with Gasteiger partial charge in [-0.15, -0.1) is 0 Å². The number of nitrogens with zero attached hydrogens (tertiary/aromatic N) is 4. The third-order valence-corrected chi connectivity index (χ3v) is 6.36. The first-order valence-electron chi connectivity index (χ1n) is 10.9. The molecule has 1 N–H and O–H groups in total. The largest absolute Gasteiger partial charge is 0.338 e. The standard InChI is InChI=1S/C22H29N5O2/c28-22(23-11-10-16-5-2-1-3-6-16)27-14-18(15-27)20-24-21(29-25-20)19-7-4-12-26(19)13-17-8-9-17/h1-3,5-6,17-19H,4,7-15H2,(H,23,28). The predicted molar refractivity (Wildman–Crippen MR) is 108 cm³/mol. The highest BCUT2D eigenvalue weighted by Gasteiger charge is 2.38. The van der Waals surface area contributed by atoms with E-state index in [4.69, 9.17) is 9.51 Å². The van der Waals surface area contributed by atoms with E-state index in [1.165, 1.54) is 31.4 Å². The Bertz CT molecular complexity index is 829. The van der Waals surface area contributed by atoms with Gasteiger partial charge in [0, 0.05) is 26.2 Å². The Morgan fingerprint density at radius 1 is 1.17 bits per heavy atom. The minimum atomic E-state index is -0.00713. The number of hydrogen-bond donors (Lipinski definition) is 1. The van der Waals surface area contributed by atoms with Gasteiger partial charge in [0.05, 0.1) is 12.0 Å². The SMILES string of the molecule is O=C(NCCc1ccccc1)N1CC(c2noc(C3CCCN3CC3CC3)n2)C1. The zero-order valence-corrected chi connectivity index (χ0v) is 16.8. The van der Waals surface area contributed by atoms with Gasteiger partial charge in [-0.25, -0.2) is 4.79 Å². The van der Waals surface area contributed by atoms with Gasteiger partial charge in [0.15, 0.2) is 5.82 Å². The lowest BCUT2D eigenvalue weighted by atomic mass is 10.00. The number of urea groups is 1. The Hall–Kier alpha value is -2.41. The van der Waals surface area contributed by atoms with Crippen LogP contribution in [0.15, 0.2) is 34.9 Å². The molecule has 3 aliphatic rings. The van der Waals surface area contributed by atoms with E-state index < -0.39 is 0 Å². The molecule has 1 aromatic carbocycles. The van der Waals surface area contributed by atoms with Gasteiger partial charge >= 0.3 is 6.03 Å². The van der Waals surface area contributed by atoms with Crippen molar-refractivity contribution in [2.75, 3.05) is 32.7 Å². The van der Waals surface area contributed by atoms with E-state index in [0.29, 0.717) is 19.6 Å². The summed E-state index contributed by atoms with van der Waals surface area (Å²) in [6.07, 6.45) is 5.88. The lowest BCUT2D eigenvalue weighted by Gasteiger charge is -2.37. The van der Waals surface area contributed by atoms with Crippen LogP contribution in [0, 0.1) is 5.92 Å². The molecule has 29 heavy (non-hydrogen) atoms. The molecular weight excluding hydrogens is 366 g/mol. The minimum absolute atomic E-state index is 0.00713. The van der Waals surface area contributed by atoms with E-state index in [2.05, 4.69) is 27.5 Å². The minimum Gasteiger partial charge on any atom is -0.338 e. The van der Waals surface area contributed by atoms with Crippen LogP contribution in [-0.2, 0) is 6.42 Å². The molecule has 3 fully saturated rings. The normalized spacial score (nSPS) is 22.6. The van der Waals surface area contributed by atoms with Crippen molar-refractivity contribution >= 4 is 6.03 Å². The molecule has 2 amide bonds. The molecule has 3 heterocycles. The van der Waals surface area contributed by atoms with E-state index in [-0.39, 0.29) is 18.0 Å². The molecule has 7 heteroatoms. The molecule has 2 saturated heterocycles. The first-order valence-corrected chi connectivity index (χ1v) is 10.9. The quantitative estimate of drug-likeness (QED) is 0.780. The van der Waals surface area contributed by atoms with Crippen LogP contribution in [0.25, 0.3) is 0 Å². The van der Waals surface area contributed by atoms with Crippen LogP contribution in [0.1, 0.15) is 54.9 Å². The van der Waals surface area contributed by atoms with Crippen LogP contribution in [0.5, 0.6) is 0 Å². The summed E-state index contributed by atoms with van der Waals surface area (Å²) >= 11 is 0. The summed E-state index contributed by atoms with van der Waals surface area (Å²) in [7, 11) is 0. The summed E-state index contributed by atoms with van der Waals surface area (Å²) in [4.78, 5) is 21.3. The summed E-state index contributed by atoms with van der Waals surface area (Å²) in [5.74, 6) is 2.58. The fourth-order valence-corrected chi connectivity index (χ4v) is 4.38. The van der Waals surface area contributed by atoms with E-state index in [9.17, 15) is 4.79 Å². The summed E-state index contributed by atoms with van der Waals surface area (Å²) in [5.41, 5.74) is 1.23. The van der Waals surface area contributed by atoms with Crippen molar-refractivity contribution in [1.82, 2.24) is 25.3 Å². The molecule has 154 valence electrons. The lowest BCUT2D eigenvalue weighted by molar-refractivity contribution is 0.147. The maximum atomic E-state index is 12.3. The molecular formula is C22H29N5O2. The number of nitrogens with one attached hydrogen (secondary N) is 1. The average molecular weight is 396 g/mol. The van der Waals surface area contributed by atoms with Crippen LogP contribution >= 0.6 is 0 Å². The fraction of sp³-hybridized carbons (Fsp3) is 0.591. The molecule has 2 aliphatic heterocycles. The smallest absolute Gasteiger partial charge is 0.317 e. The zero-order chi connectivity index (χ0) is 19.6. The van der Waals surface area contributed by atoms with Gasteiger partial charge in [-0.05, 0) is 50.1 Å². The fourth-order valence-electron chi connectivity index (χ4n) is 4.38. The van der Waals surface area contributed by atoms with Crippen molar-refractivity contribution in [3.05, 3.63) is 47.6 Å². The topological polar surface area (TPSA) is 74.5 Å². The third kappa shape index (κ3) is 4.29. The third-order valence-electron chi connectivity index (χ3n) is 6.36. The number of rotatable bonds is 7. The van der Waals surface area contributed by atoms with Gasteiger partial charge in [0.2, 0.25) is 5.89 Å². The van der Waals surface area contributed by atoms with Crippen molar-refractivity contribution in [1.29, 1.82) is 0 Å². The molecule has 5 rings (SSSR count). The van der Waals surface area contributed by atoms with Gasteiger partial charge in [-0.2, -0.15) is 4.98 Å². The number of carbonyl (C=O) groups excluding carboxylic acids is 1. The highest BCUT2D eigenvalue weighted by Crippen LogP contribution is 2.37. The second-order valence-electron chi connectivity index (χ2n) is 8.66. The maximum absolute atomic E-state index is 12.3. The second-order valence-corrected chi connectivity index (χ2v) is 8.66. The average Bonchev–Trinajstić information content (AvgIpc) is 3.18. The van der Waals surface area contributed by atoms with Crippen LogP contribution in [0.2, 0.25) is 0 Å². The van der Waals surface area contributed by atoms with Crippen LogP contribution in [0.3, 0.4) is 0 Å². The first-order chi connectivity index (χ1) is 14.3. The van der Waals surface area contributed by atoms with Gasteiger partial charge in [0.25, 0.3) is 0 Å². The summed E-state index contributed by atoms with van der Waals surface area (Å²) < 4.78 is 5.63. The van der Waals surface area contributed by atoms with Crippen LogP contribution < -0.4 is 5.32 Å². The Balaban J connectivity index is 1.08. The molecule has 7 nitrogen and oxygen atoms in total. The first kappa shape index (κ1) is 18.6. The summed E-state index contributed by atoms with van der Waals surface area (Å²) in [6.45, 7) is 4.27. The van der Waals surface area contributed by atoms with Crippen molar-refractivity contribution in [2.45, 2.75) is 44.1 Å². The van der Waals surface area contributed by atoms with E-state index in [0.717, 1.165) is 37.0 Å². The van der Waals surface area contributed by atoms with Gasteiger partial charge in [0.1, 0.15) is 0 Å². The van der Waals surface area contributed by atoms with Crippen LogP contribution in [0.4, 0.5) is 4.79 Å². The molecule has 0 spiro atoms. The second kappa shape index (κ2) is 8.14. The lowest BCUT2D eigenvalue weighted by Crippen LogP contribution is -2.53. The van der Waals surface area contributed by atoms with E-state index >= 15 is 0 Å². The van der Waals surface area contributed by atoms with Gasteiger partial charge in [-0.1, -0.05) is 35.5 Å². The molecule has 1 saturated carbocycles. The molecule has 0 radical (unpaired) electrons. The summed E-state index contributed by atoms with van der Waals surface area (Å²) in [5, 5.41) is 7.24.